The Bertz CT molecular complexity index is 599. The van der Waals surface area contributed by atoms with Gasteiger partial charge in [0.2, 0.25) is 5.91 Å². The van der Waals surface area contributed by atoms with Gasteiger partial charge in [0.1, 0.15) is 5.69 Å². The zero-order valence-corrected chi connectivity index (χ0v) is 15.2. The maximum Gasteiger partial charge on any atom is 0.354 e. The number of nitrogens with zero attached hydrogens (tertiary/aromatic N) is 2. The van der Waals surface area contributed by atoms with Crippen LogP contribution in [0.3, 0.4) is 0 Å². The zero-order valence-electron chi connectivity index (χ0n) is 15.2. The second kappa shape index (κ2) is 8.04. The molecule has 0 radical (unpaired) electrons. The highest BCUT2D eigenvalue weighted by molar-refractivity contribution is 5.87. The molecule has 0 aromatic carbocycles. The molecule has 1 atom stereocenters. The molecule has 1 amide bonds. The number of hydrogen-bond acceptors (Lipinski definition) is 4. The third-order valence-corrected chi connectivity index (χ3v) is 5.69. The average Bonchev–Trinajstić information content (AvgIpc) is 3.32. The van der Waals surface area contributed by atoms with Crippen molar-refractivity contribution in [3.63, 3.8) is 0 Å². The molecule has 1 aromatic heterocycles. The number of carbonyl (C=O) groups is 2. The van der Waals surface area contributed by atoms with Gasteiger partial charge in [-0.05, 0) is 44.7 Å². The Hall–Kier alpha value is -1.82. The van der Waals surface area contributed by atoms with E-state index in [0.29, 0.717) is 11.7 Å². The first kappa shape index (κ1) is 18.0. The molecule has 2 heterocycles. The first-order chi connectivity index (χ1) is 12.1. The van der Waals surface area contributed by atoms with Gasteiger partial charge >= 0.3 is 5.97 Å². The Labute approximate surface area is 149 Å². The summed E-state index contributed by atoms with van der Waals surface area (Å²) in [5.41, 5.74) is 0.605. The van der Waals surface area contributed by atoms with Crippen LogP contribution < -0.4 is 5.32 Å². The summed E-state index contributed by atoms with van der Waals surface area (Å²) in [6.45, 7) is 3.73. The minimum Gasteiger partial charge on any atom is -0.464 e. The van der Waals surface area contributed by atoms with E-state index in [1.807, 2.05) is 23.8 Å². The van der Waals surface area contributed by atoms with Crippen LogP contribution in [0.25, 0.3) is 0 Å². The molecule has 138 valence electrons. The fourth-order valence-electron chi connectivity index (χ4n) is 4.10. The van der Waals surface area contributed by atoms with E-state index < -0.39 is 0 Å². The summed E-state index contributed by atoms with van der Waals surface area (Å²) in [7, 11) is 1.41. The Morgan fingerprint density at radius 2 is 1.88 bits per heavy atom. The van der Waals surface area contributed by atoms with Gasteiger partial charge in [-0.25, -0.2) is 4.79 Å². The number of nitrogens with one attached hydrogen (secondary N) is 1. The fourth-order valence-corrected chi connectivity index (χ4v) is 4.10. The van der Waals surface area contributed by atoms with E-state index in [0.717, 1.165) is 38.8 Å². The van der Waals surface area contributed by atoms with E-state index in [1.54, 1.807) is 6.07 Å². The standard InChI is InChI=1S/C19H29N3O3/c1-14(18(23)20-15-6-3-4-7-15)21-12-9-16(10-13-21)22-11-5-8-17(22)19(24)25-2/h5,8,11,14-16H,3-4,6-7,9-10,12-13H2,1-2H3,(H,20,23)/t14-/m0/s1. The highest BCUT2D eigenvalue weighted by atomic mass is 16.5. The fraction of sp³-hybridized carbons (Fsp3) is 0.684. The first-order valence-corrected chi connectivity index (χ1v) is 9.39. The van der Waals surface area contributed by atoms with Gasteiger partial charge in [-0.2, -0.15) is 0 Å². The molecule has 0 unspecified atom stereocenters. The largest absolute Gasteiger partial charge is 0.464 e. The Morgan fingerprint density at radius 3 is 2.52 bits per heavy atom. The monoisotopic (exact) mass is 347 g/mol. The third kappa shape index (κ3) is 4.06. The molecule has 0 bridgehead atoms. The number of amides is 1. The van der Waals surface area contributed by atoms with Crippen LogP contribution in [-0.2, 0) is 9.53 Å². The lowest BCUT2D eigenvalue weighted by Crippen LogP contribution is -2.50. The lowest BCUT2D eigenvalue weighted by molar-refractivity contribution is -0.127. The summed E-state index contributed by atoms with van der Waals surface area (Å²) in [4.78, 5) is 26.6. The van der Waals surface area contributed by atoms with Crippen LogP contribution in [-0.4, -0.2) is 53.6 Å². The van der Waals surface area contributed by atoms with Gasteiger partial charge in [-0.15, -0.1) is 0 Å². The van der Waals surface area contributed by atoms with Gasteiger partial charge in [-0.3, -0.25) is 9.69 Å². The molecule has 0 spiro atoms. The van der Waals surface area contributed by atoms with Gasteiger partial charge < -0.3 is 14.6 Å². The number of likely N-dealkylation sites (tertiary alicyclic amines) is 1. The molecule has 6 heteroatoms. The zero-order chi connectivity index (χ0) is 17.8. The maximum atomic E-state index is 12.5. The second-order valence-corrected chi connectivity index (χ2v) is 7.23. The van der Waals surface area contributed by atoms with Crippen LogP contribution in [0, 0.1) is 0 Å². The summed E-state index contributed by atoms with van der Waals surface area (Å²) in [6, 6.07) is 4.25. The number of methoxy groups -OCH3 is 1. The molecule has 1 saturated carbocycles. The molecule has 2 aliphatic rings. The number of carbonyl (C=O) groups excluding carboxylic acids is 2. The van der Waals surface area contributed by atoms with Crippen molar-refractivity contribution in [3.8, 4) is 0 Å². The lowest BCUT2D eigenvalue weighted by Gasteiger charge is -2.36. The Kier molecular flexibility index (Phi) is 5.78. The van der Waals surface area contributed by atoms with Gasteiger partial charge in [0.25, 0.3) is 0 Å². The van der Waals surface area contributed by atoms with Gasteiger partial charge in [-0.1, -0.05) is 12.8 Å². The molecule has 1 N–H and O–H groups in total. The number of esters is 1. The molecule has 25 heavy (non-hydrogen) atoms. The van der Waals surface area contributed by atoms with Crippen LogP contribution in [0.1, 0.15) is 62.0 Å². The van der Waals surface area contributed by atoms with E-state index in [2.05, 4.69) is 10.2 Å². The predicted molar refractivity (Wildman–Crippen MR) is 95.5 cm³/mol. The van der Waals surface area contributed by atoms with Crippen LogP contribution in [0.4, 0.5) is 0 Å². The maximum absolute atomic E-state index is 12.5. The van der Waals surface area contributed by atoms with Gasteiger partial charge in [0.15, 0.2) is 0 Å². The molecule has 1 saturated heterocycles. The van der Waals surface area contributed by atoms with E-state index in [1.165, 1.54) is 20.0 Å². The van der Waals surface area contributed by atoms with Crippen molar-refractivity contribution in [2.75, 3.05) is 20.2 Å². The Morgan fingerprint density at radius 1 is 1.20 bits per heavy atom. The van der Waals surface area contributed by atoms with Crippen molar-refractivity contribution >= 4 is 11.9 Å². The van der Waals surface area contributed by atoms with Crippen molar-refractivity contribution in [2.45, 2.75) is 63.6 Å². The third-order valence-electron chi connectivity index (χ3n) is 5.69. The minimum absolute atomic E-state index is 0.0914. The lowest BCUT2D eigenvalue weighted by atomic mass is 10.0. The number of rotatable bonds is 5. The smallest absolute Gasteiger partial charge is 0.354 e. The van der Waals surface area contributed by atoms with Crippen molar-refractivity contribution in [3.05, 3.63) is 24.0 Å². The highest BCUT2D eigenvalue weighted by Crippen LogP contribution is 2.26. The summed E-state index contributed by atoms with van der Waals surface area (Å²) >= 11 is 0. The number of ether oxygens (including phenoxy) is 1. The topological polar surface area (TPSA) is 63.6 Å². The molecule has 2 fully saturated rings. The Balaban J connectivity index is 1.53. The SMILES string of the molecule is COC(=O)c1cccn1C1CCN([C@@H](C)C(=O)NC2CCCC2)CC1. The van der Waals surface area contributed by atoms with Crippen molar-refractivity contribution in [1.82, 2.24) is 14.8 Å². The molecule has 1 aliphatic carbocycles. The van der Waals surface area contributed by atoms with Crippen molar-refractivity contribution in [1.29, 1.82) is 0 Å². The molecule has 6 nitrogen and oxygen atoms in total. The number of aromatic nitrogens is 1. The normalized spacial score (nSPS) is 21.2. The van der Waals surface area contributed by atoms with E-state index in [-0.39, 0.29) is 24.0 Å². The number of piperidine rings is 1. The second-order valence-electron chi connectivity index (χ2n) is 7.23. The molecule has 1 aromatic rings. The van der Waals surface area contributed by atoms with Crippen LogP contribution in [0.15, 0.2) is 18.3 Å². The summed E-state index contributed by atoms with van der Waals surface area (Å²) in [5, 5.41) is 3.20. The van der Waals surface area contributed by atoms with Crippen molar-refractivity contribution in [2.24, 2.45) is 0 Å². The van der Waals surface area contributed by atoms with E-state index in [4.69, 9.17) is 4.74 Å². The molecular weight excluding hydrogens is 318 g/mol. The van der Waals surface area contributed by atoms with Gasteiger partial charge in [0, 0.05) is 31.4 Å². The highest BCUT2D eigenvalue weighted by Gasteiger charge is 2.29. The van der Waals surface area contributed by atoms with Gasteiger partial charge in [0.05, 0.1) is 13.2 Å². The predicted octanol–water partition coefficient (Wildman–Crippen LogP) is 2.36. The first-order valence-electron chi connectivity index (χ1n) is 9.39. The molecule has 3 rings (SSSR count). The van der Waals surface area contributed by atoms with Crippen LogP contribution >= 0.6 is 0 Å². The quantitative estimate of drug-likeness (QED) is 0.831. The molecular formula is C19H29N3O3. The van der Waals surface area contributed by atoms with E-state index >= 15 is 0 Å². The minimum atomic E-state index is -0.295. The van der Waals surface area contributed by atoms with Crippen molar-refractivity contribution < 1.29 is 14.3 Å². The van der Waals surface area contributed by atoms with Crippen LogP contribution in [0.2, 0.25) is 0 Å². The molecule has 1 aliphatic heterocycles. The summed E-state index contributed by atoms with van der Waals surface area (Å²) in [6.07, 6.45) is 8.49. The summed E-state index contributed by atoms with van der Waals surface area (Å²) < 4.78 is 6.88. The van der Waals surface area contributed by atoms with E-state index in [9.17, 15) is 9.59 Å². The van der Waals surface area contributed by atoms with Crippen LogP contribution in [0.5, 0.6) is 0 Å². The summed E-state index contributed by atoms with van der Waals surface area (Å²) in [5.74, 6) is -0.140. The number of hydrogen-bond donors (Lipinski definition) is 1. The average molecular weight is 347 g/mol.